The standard InChI is InChI=1S/C17H21BrF3N3O3S/c18-15-5-4-13(28(26,27)22-12-2-3-12)10-14(15)16(25)24-7-1-6-23(8-9-24)11-17(19,20)21/h4-5,10,12,22H,1-3,6-9,11H2. The highest BCUT2D eigenvalue weighted by Crippen LogP contribution is 2.26. The summed E-state index contributed by atoms with van der Waals surface area (Å²) in [6.07, 6.45) is -2.27. The van der Waals surface area contributed by atoms with Crippen LogP contribution in [0.15, 0.2) is 27.6 Å². The van der Waals surface area contributed by atoms with Crippen molar-refractivity contribution < 1.29 is 26.4 Å². The van der Waals surface area contributed by atoms with Crippen molar-refractivity contribution in [3.8, 4) is 0 Å². The third kappa shape index (κ3) is 5.68. The summed E-state index contributed by atoms with van der Waals surface area (Å²) in [7, 11) is -3.71. The molecule has 1 N–H and O–H groups in total. The van der Waals surface area contributed by atoms with Gasteiger partial charge in [-0.3, -0.25) is 9.69 Å². The molecule has 1 aliphatic carbocycles. The molecule has 156 valence electrons. The minimum atomic E-state index is -4.28. The number of nitrogens with one attached hydrogen (secondary N) is 1. The number of alkyl halides is 3. The maximum absolute atomic E-state index is 12.9. The van der Waals surface area contributed by atoms with Crippen LogP contribution < -0.4 is 4.72 Å². The second-order valence-electron chi connectivity index (χ2n) is 7.07. The number of carbonyl (C=O) groups excluding carboxylic acids is 1. The molecule has 1 saturated heterocycles. The van der Waals surface area contributed by atoms with Crippen molar-refractivity contribution in [1.29, 1.82) is 0 Å². The molecule has 1 saturated carbocycles. The van der Waals surface area contributed by atoms with E-state index in [0.29, 0.717) is 17.4 Å². The summed E-state index contributed by atoms with van der Waals surface area (Å²) in [5.41, 5.74) is 0.183. The monoisotopic (exact) mass is 483 g/mol. The Balaban J connectivity index is 1.74. The van der Waals surface area contributed by atoms with Crippen LogP contribution in [-0.2, 0) is 10.0 Å². The summed E-state index contributed by atoms with van der Waals surface area (Å²) in [5.74, 6) is -0.399. The number of rotatable bonds is 5. The maximum atomic E-state index is 12.9. The molecule has 11 heteroatoms. The molecule has 2 fully saturated rings. The highest BCUT2D eigenvalue weighted by atomic mass is 79.9. The van der Waals surface area contributed by atoms with Gasteiger partial charge in [0.25, 0.3) is 5.91 Å². The van der Waals surface area contributed by atoms with Gasteiger partial charge in [-0.1, -0.05) is 0 Å². The van der Waals surface area contributed by atoms with Crippen molar-refractivity contribution in [1.82, 2.24) is 14.5 Å². The van der Waals surface area contributed by atoms with Gasteiger partial charge in [0.2, 0.25) is 10.0 Å². The van der Waals surface area contributed by atoms with Crippen LogP contribution in [0.3, 0.4) is 0 Å². The first-order chi connectivity index (χ1) is 13.0. The van der Waals surface area contributed by atoms with Gasteiger partial charge >= 0.3 is 6.18 Å². The topological polar surface area (TPSA) is 69.7 Å². The first-order valence-corrected chi connectivity index (χ1v) is 11.2. The molecule has 2 aliphatic rings. The predicted molar refractivity (Wildman–Crippen MR) is 101 cm³/mol. The van der Waals surface area contributed by atoms with E-state index >= 15 is 0 Å². The van der Waals surface area contributed by atoms with Crippen molar-refractivity contribution in [2.45, 2.75) is 36.4 Å². The molecular formula is C17H21BrF3N3O3S. The quantitative estimate of drug-likeness (QED) is 0.698. The largest absolute Gasteiger partial charge is 0.401 e. The van der Waals surface area contributed by atoms with E-state index in [9.17, 15) is 26.4 Å². The van der Waals surface area contributed by atoms with Gasteiger partial charge in [0.15, 0.2) is 0 Å². The number of benzene rings is 1. The van der Waals surface area contributed by atoms with Gasteiger partial charge in [0, 0.05) is 36.7 Å². The second kappa shape index (κ2) is 8.29. The maximum Gasteiger partial charge on any atom is 0.401 e. The molecule has 0 unspecified atom stereocenters. The minimum absolute atomic E-state index is 0.000491. The number of carbonyl (C=O) groups is 1. The Hall–Kier alpha value is -1.17. The fourth-order valence-corrected chi connectivity index (χ4v) is 4.83. The highest BCUT2D eigenvalue weighted by Gasteiger charge is 2.33. The van der Waals surface area contributed by atoms with Crippen LogP contribution in [0.2, 0.25) is 0 Å². The molecule has 0 aromatic heterocycles. The molecule has 3 rings (SSSR count). The van der Waals surface area contributed by atoms with Gasteiger partial charge < -0.3 is 4.90 Å². The summed E-state index contributed by atoms with van der Waals surface area (Å²) in [5, 5.41) is 0. The van der Waals surface area contributed by atoms with Crippen LogP contribution in [-0.4, -0.2) is 69.1 Å². The lowest BCUT2D eigenvalue weighted by atomic mass is 10.2. The van der Waals surface area contributed by atoms with Crippen molar-refractivity contribution in [3.63, 3.8) is 0 Å². The summed E-state index contributed by atoms with van der Waals surface area (Å²) in [6.45, 7) is -0.164. The van der Waals surface area contributed by atoms with Crippen LogP contribution >= 0.6 is 15.9 Å². The number of nitrogens with zero attached hydrogens (tertiary/aromatic N) is 2. The Morgan fingerprint density at radius 3 is 2.54 bits per heavy atom. The smallest absolute Gasteiger partial charge is 0.337 e. The Morgan fingerprint density at radius 1 is 1.18 bits per heavy atom. The van der Waals surface area contributed by atoms with E-state index in [1.807, 2.05) is 0 Å². The highest BCUT2D eigenvalue weighted by molar-refractivity contribution is 9.10. The van der Waals surface area contributed by atoms with Crippen molar-refractivity contribution in [3.05, 3.63) is 28.2 Å². The lowest BCUT2D eigenvalue weighted by Gasteiger charge is -2.23. The molecule has 0 spiro atoms. The average molecular weight is 484 g/mol. The average Bonchev–Trinajstić information content (AvgIpc) is 3.40. The Morgan fingerprint density at radius 2 is 1.89 bits per heavy atom. The molecule has 6 nitrogen and oxygen atoms in total. The SMILES string of the molecule is O=C(c1cc(S(=O)(=O)NC2CC2)ccc1Br)N1CCCN(CC(F)(F)F)CC1. The number of hydrogen-bond acceptors (Lipinski definition) is 4. The Kier molecular flexibility index (Phi) is 6.38. The molecular weight excluding hydrogens is 463 g/mol. The van der Waals surface area contributed by atoms with E-state index in [1.165, 1.54) is 28.0 Å². The zero-order chi connectivity index (χ0) is 20.5. The van der Waals surface area contributed by atoms with E-state index in [-0.39, 0.29) is 36.1 Å². The van der Waals surface area contributed by atoms with Gasteiger partial charge in [0.1, 0.15) is 0 Å². The molecule has 1 aromatic rings. The Labute approximate surface area is 170 Å². The van der Waals surface area contributed by atoms with E-state index < -0.39 is 28.7 Å². The van der Waals surface area contributed by atoms with Crippen molar-refractivity contribution >= 4 is 31.9 Å². The van der Waals surface area contributed by atoms with Gasteiger partial charge in [0.05, 0.1) is 17.0 Å². The molecule has 1 aromatic carbocycles. The normalized spacial score (nSPS) is 19.5. The van der Waals surface area contributed by atoms with Gasteiger partial charge in [-0.25, -0.2) is 13.1 Å². The zero-order valence-corrected chi connectivity index (χ0v) is 17.4. The van der Waals surface area contributed by atoms with Gasteiger partial charge in [-0.15, -0.1) is 0 Å². The molecule has 1 aliphatic heterocycles. The number of halogens is 4. The van der Waals surface area contributed by atoms with Gasteiger partial charge in [-0.05, 0) is 53.4 Å². The van der Waals surface area contributed by atoms with E-state index in [2.05, 4.69) is 20.7 Å². The number of sulfonamides is 1. The predicted octanol–water partition coefficient (Wildman–Crippen LogP) is 2.60. The lowest BCUT2D eigenvalue weighted by molar-refractivity contribution is -0.145. The zero-order valence-electron chi connectivity index (χ0n) is 15.0. The summed E-state index contributed by atoms with van der Waals surface area (Å²) in [4.78, 5) is 15.7. The van der Waals surface area contributed by atoms with Gasteiger partial charge in [-0.2, -0.15) is 13.2 Å². The molecule has 0 bridgehead atoms. The third-order valence-corrected chi connectivity index (χ3v) is 6.87. The van der Waals surface area contributed by atoms with Crippen LogP contribution in [0.4, 0.5) is 13.2 Å². The molecule has 28 heavy (non-hydrogen) atoms. The fourth-order valence-electron chi connectivity index (χ4n) is 3.08. The summed E-state index contributed by atoms with van der Waals surface area (Å²) in [6, 6.07) is 4.18. The summed E-state index contributed by atoms with van der Waals surface area (Å²) >= 11 is 3.28. The van der Waals surface area contributed by atoms with Crippen LogP contribution in [0.25, 0.3) is 0 Å². The van der Waals surface area contributed by atoms with Crippen LogP contribution in [0, 0.1) is 0 Å². The summed E-state index contributed by atoms with van der Waals surface area (Å²) < 4.78 is 65.7. The molecule has 0 radical (unpaired) electrons. The third-order valence-electron chi connectivity index (χ3n) is 4.66. The molecule has 1 heterocycles. The fraction of sp³-hybridized carbons (Fsp3) is 0.588. The van der Waals surface area contributed by atoms with Crippen molar-refractivity contribution in [2.75, 3.05) is 32.7 Å². The number of amides is 1. The molecule has 1 amide bonds. The molecule has 0 atom stereocenters. The lowest BCUT2D eigenvalue weighted by Crippen LogP contribution is -2.38. The van der Waals surface area contributed by atoms with Crippen molar-refractivity contribution in [2.24, 2.45) is 0 Å². The Bertz CT molecular complexity index is 844. The second-order valence-corrected chi connectivity index (χ2v) is 9.64. The minimum Gasteiger partial charge on any atom is -0.337 e. The first-order valence-electron chi connectivity index (χ1n) is 8.95. The van der Waals surface area contributed by atoms with E-state index in [1.54, 1.807) is 0 Å². The first kappa shape index (κ1) is 21.5. The van der Waals surface area contributed by atoms with E-state index in [0.717, 1.165) is 12.8 Å². The van der Waals surface area contributed by atoms with E-state index in [4.69, 9.17) is 0 Å². The number of hydrogen-bond donors (Lipinski definition) is 1. The van der Waals surface area contributed by atoms with Crippen LogP contribution in [0.5, 0.6) is 0 Å². The van der Waals surface area contributed by atoms with Crippen LogP contribution in [0.1, 0.15) is 29.6 Å².